The van der Waals surface area contributed by atoms with Gasteiger partial charge in [-0.3, -0.25) is 4.79 Å². The Morgan fingerprint density at radius 3 is 2.53 bits per heavy atom. The van der Waals surface area contributed by atoms with Crippen LogP contribution < -0.4 is 10.5 Å². The molecule has 0 saturated carbocycles. The van der Waals surface area contributed by atoms with Crippen molar-refractivity contribution in [2.24, 2.45) is 5.73 Å². The van der Waals surface area contributed by atoms with Crippen LogP contribution in [-0.2, 0) is 4.79 Å². The summed E-state index contributed by atoms with van der Waals surface area (Å²) in [6, 6.07) is 5.37. The molecule has 1 unspecified atom stereocenters. The maximum Gasteiger partial charge on any atom is 0.320 e. The standard InChI is InChI=1S/C14H21NO3S/c1-10-7-11(2)9-12(8-10)18-4-6-19-5-3-13(15)14(16)17/h7-9,13H,3-6,15H2,1-2H3,(H,16,17). The Labute approximate surface area is 118 Å². The van der Waals surface area contributed by atoms with Crippen LogP contribution in [0, 0.1) is 13.8 Å². The number of aryl methyl sites for hydroxylation is 2. The molecule has 5 heteroatoms. The van der Waals surface area contributed by atoms with Crippen molar-refractivity contribution in [3.63, 3.8) is 0 Å². The van der Waals surface area contributed by atoms with E-state index >= 15 is 0 Å². The van der Waals surface area contributed by atoms with Gasteiger partial charge in [0, 0.05) is 5.75 Å². The van der Waals surface area contributed by atoms with Gasteiger partial charge in [-0.1, -0.05) is 6.07 Å². The molecule has 0 aromatic heterocycles. The van der Waals surface area contributed by atoms with Gasteiger partial charge < -0.3 is 15.6 Å². The molecular formula is C14H21NO3S. The number of carboxylic acids is 1. The van der Waals surface area contributed by atoms with Crippen LogP contribution in [0.2, 0.25) is 0 Å². The van der Waals surface area contributed by atoms with Gasteiger partial charge in [-0.25, -0.2) is 0 Å². The van der Waals surface area contributed by atoms with E-state index in [1.165, 1.54) is 11.1 Å². The first-order valence-electron chi connectivity index (χ1n) is 6.26. The first kappa shape index (κ1) is 15.9. The summed E-state index contributed by atoms with van der Waals surface area (Å²) in [5.41, 5.74) is 7.79. The SMILES string of the molecule is Cc1cc(C)cc(OCCSCCC(N)C(=O)O)c1. The van der Waals surface area contributed by atoms with E-state index in [0.29, 0.717) is 13.0 Å². The Kier molecular flexibility index (Phi) is 6.73. The predicted octanol–water partition coefficient (Wildman–Crippen LogP) is 2.22. The molecule has 1 atom stereocenters. The molecule has 0 aliphatic rings. The molecule has 0 saturated heterocycles. The molecule has 0 bridgehead atoms. The third-order valence-corrected chi connectivity index (χ3v) is 3.56. The lowest BCUT2D eigenvalue weighted by atomic mass is 10.1. The highest BCUT2D eigenvalue weighted by molar-refractivity contribution is 7.99. The minimum Gasteiger partial charge on any atom is -0.493 e. The topological polar surface area (TPSA) is 72.5 Å². The van der Waals surface area contributed by atoms with Crippen LogP contribution in [0.15, 0.2) is 18.2 Å². The monoisotopic (exact) mass is 283 g/mol. The Morgan fingerprint density at radius 2 is 1.95 bits per heavy atom. The van der Waals surface area contributed by atoms with Gasteiger partial charge in [-0.2, -0.15) is 11.8 Å². The average molecular weight is 283 g/mol. The van der Waals surface area contributed by atoms with E-state index in [9.17, 15) is 4.79 Å². The van der Waals surface area contributed by atoms with Crippen LogP contribution in [0.25, 0.3) is 0 Å². The Morgan fingerprint density at radius 1 is 1.32 bits per heavy atom. The fourth-order valence-corrected chi connectivity index (χ4v) is 2.50. The molecule has 19 heavy (non-hydrogen) atoms. The lowest BCUT2D eigenvalue weighted by Crippen LogP contribution is -2.30. The Balaban J connectivity index is 2.15. The lowest BCUT2D eigenvalue weighted by Gasteiger charge is -2.09. The number of hydrogen-bond acceptors (Lipinski definition) is 4. The highest BCUT2D eigenvalue weighted by Gasteiger charge is 2.10. The molecule has 3 N–H and O–H groups in total. The number of benzene rings is 1. The van der Waals surface area contributed by atoms with Gasteiger partial charge in [0.1, 0.15) is 11.8 Å². The van der Waals surface area contributed by atoms with Crippen molar-refractivity contribution in [3.8, 4) is 5.75 Å². The summed E-state index contributed by atoms with van der Waals surface area (Å²) < 4.78 is 5.65. The molecular weight excluding hydrogens is 262 g/mol. The second kappa shape index (κ2) is 8.07. The first-order chi connectivity index (χ1) is 8.99. The van der Waals surface area contributed by atoms with Crippen molar-refractivity contribution >= 4 is 17.7 Å². The number of ether oxygens (including phenoxy) is 1. The van der Waals surface area contributed by atoms with Crippen molar-refractivity contribution in [3.05, 3.63) is 29.3 Å². The highest BCUT2D eigenvalue weighted by Crippen LogP contribution is 2.16. The number of carboxylic acid groups (broad SMARTS) is 1. The van der Waals surface area contributed by atoms with Gasteiger partial charge >= 0.3 is 5.97 Å². The molecule has 0 spiro atoms. The molecule has 0 amide bonds. The Hall–Kier alpha value is -1.20. The van der Waals surface area contributed by atoms with Crippen molar-refractivity contribution in [1.29, 1.82) is 0 Å². The molecule has 0 fully saturated rings. The van der Waals surface area contributed by atoms with E-state index in [0.717, 1.165) is 17.3 Å². The predicted molar refractivity (Wildman–Crippen MR) is 79.0 cm³/mol. The van der Waals surface area contributed by atoms with Crippen molar-refractivity contribution in [1.82, 2.24) is 0 Å². The van der Waals surface area contributed by atoms with Gasteiger partial charge in [-0.15, -0.1) is 0 Å². The Bertz CT molecular complexity index is 403. The number of thioether (sulfide) groups is 1. The number of nitrogens with two attached hydrogens (primary N) is 1. The summed E-state index contributed by atoms with van der Waals surface area (Å²) in [6.45, 7) is 4.71. The minimum atomic E-state index is -0.938. The van der Waals surface area contributed by atoms with Gasteiger partial charge in [0.05, 0.1) is 6.61 Å². The molecule has 0 heterocycles. The molecule has 0 aliphatic heterocycles. The number of rotatable bonds is 8. The summed E-state index contributed by atoms with van der Waals surface area (Å²) in [5, 5.41) is 8.63. The maximum absolute atomic E-state index is 10.5. The zero-order valence-electron chi connectivity index (χ0n) is 11.4. The summed E-state index contributed by atoms with van der Waals surface area (Å²) in [6.07, 6.45) is 0.490. The van der Waals surface area contributed by atoms with Crippen molar-refractivity contribution in [2.75, 3.05) is 18.1 Å². The van der Waals surface area contributed by atoms with E-state index in [1.54, 1.807) is 11.8 Å². The molecule has 1 rings (SSSR count). The second-order valence-corrected chi connectivity index (χ2v) is 5.74. The van der Waals surface area contributed by atoms with Crippen LogP contribution in [0.4, 0.5) is 0 Å². The van der Waals surface area contributed by atoms with Crippen molar-refractivity contribution in [2.45, 2.75) is 26.3 Å². The van der Waals surface area contributed by atoms with Gasteiger partial charge in [-0.05, 0) is 49.3 Å². The summed E-state index contributed by atoms with van der Waals surface area (Å²) >= 11 is 1.66. The maximum atomic E-state index is 10.5. The molecule has 0 aliphatic carbocycles. The zero-order valence-corrected chi connectivity index (χ0v) is 12.2. The lowest BCUT2D eigenvalue weighted by molar-refractivity contribution is -0.138. The fraction of sp³-hybridized carbons (Fsp3) is 0.500. The van der Waals surface area contributed by atoms with E-state index in [1.807, 2.05) is 26.0 Å². The van der Waals surface area contributed by atoms with Crippen LogP contribution in [0.1, 0.15) is 17.5 Å². The average Bonchev–Trinajstić information content (AvgIpc) is 2.31. The van der Waals surface area contributed by atoms with E-state index in [4.69, 9.17) is 15.6 Å². The second-order valence-electron chi connectivity index (χ2n) is 4.52. The zero-order chi connectivity index (χ0) is 14.3. The smallest absolute Gasteiger partial charge is 0.320 e. The largest absolute Gasteiger partial charge is 0.493 e. The fourth-order valence-electron chi connectivity index (χ4n) is 1.67. The number of aliphatic carboxylic acids is 1. The first-order valence-corrected chi connectivity index (χ1v) is 7.41. The van der Waals surface area contributed by atoms with Gasteiger partial charge in [0.25, 0.3) is 0 Å². The summed E-state index contributed by atoms with van der Waals surface area (Å²) in [4.78, 5) is 10.5. The molecule has 4 nitrogen and oxygen atoms in total. The highest BCUT2D eigenvalue weighted by atomic mass is 32.2. The number of carbonyl (C=O) groups is 1. The number of hydrogen-bond donors (Lipinski definition) is 2. The summed E-state index contributed by atoms with van der Waals surface area (Å²) in [5.74, 6) is 1.52. The third kappa shape index (κ3) is 6.50. The van der Waals surface area contributed by atoms with Crippen LogP contribution >= 0.6 is 11.8 Å². The van der Waals surface area contributed by atoms with E-state index < -0.39 is 12.0 Å². The van der Waals surface area contributed by atoms with Crippen LogP contribution in [0.5, 0.6) is 5.75 Å². The normalized spacial score (nSPS) is 12.2. The molecule has 106 valence electrons. The minimum absolute atomic E-state index is 0.490. The van der Waals surface area contributed by atoms with E-state index in [2.05, 4.69) is 6.07 Å². The van der Waals surface area contributed by atoms with Gasteiger partial charge in [0.15, 0.2) is 0 Å². The summed E-state index contributed by atoms with van der Waals surface area (Å²) in [7, 11) is 0. The molecule has 0 radical (unpaired) electrons. The van der Waals surface area contributed by atoms with Crippen LogP contribution in [0.3, 0.4) is 0 Å². The van der Waals surface area contributed by atoms with Crippen molar-refractivity contribution < 1.29 is 14.6 Å². The molecule has 1 aromatic rings. The van der Waals surface area contributed by atoms with Gasteiger partial charge in [0.2, 0.25) is 0 Å². The quantitative estimate of drug-likeness (QED) is 0.716. The van der Waals surface area contributed by atoms with Crippen LogP contribution in [-0.4, -0.2) is 35.2 Å². The molecule has 1 aromatic carbocycles. The van der Waals surface area contributed by atoms with E-state index in [-0.39, 0.29) is 0 Å². The third-order valence-electron chi connectivity index (χ3n) is 2.58.